The second-order valence-electron chi connectivity index (χ2n) is 14.7. The molecule has 0 saturated heterocycles. The fraction of sp³-hybridized carbons (Fsp3) is 0.0370. The summed E-state index contributed by atoms with van der Waals surface area (Å²) in [5.41, 5.74) is 16.9. The molecule has 1 aromatic heterocycles. The Kier molecular flexibility index (Phi) is 8.30. The third kappa shape index (κ3) is 5.93. The van der Waals surface area contributed by atoms with Crippen molar-refractivity contribution in [3.05, 3.63) is 211 Å². The number of hydrogen-bond acceptors (Lipinski definition) is 2. The van der Waals surface area contributed by atoms with E-state index < -0.39 is 0 Å². The number of fused-ring (bicyclic) bond motifs is 4. The SMILES string of the molecule is Cc1cc(C)c2c(c1)oc1cc(N(c3ccc(-c4c(-c5ccccc5)cccc4-c4ccccc4)cc3)c3cc4ccccc4cc3-c3ccccc3)ccc12. The molecule has 0 radical (unpaired) electrons. The first-order valence-electron chi connectivity index (χ1n) is 19.3. The van der Waals surface area contributed by atoms with Gasteiger partial charge in [-0.1, -0.05) is 152 Å². The molecule has 2 heteroatoms. The first kappa shape index (κ1) is 33.4. The van der Waals surface area contributed by atoms with Crippen molar-refractivity contribution in [2.24, 2.45) is 0 Å². The molecule has 266 valence electrons. The van der Waals surface area contributed by atoms with Crippen LogP contribution in [0.5, 0.6) is 0 Å². The molecule has 0 unspecified atom stereocenters. The highest BCUT2D eigenvalue weighted by atomic mass is 16.3. The van der Waals surface area contributed by atoms with Gasteiger partial charge in [-0.15, -0.1) is 0 Å². The van der Waals surface area contributed by atoms with E-state index in [1.165, 1.54) is 55.1 Å². The summed E-state index contributed by atoms with van der Waals surface area (Å²) in [4.78, 5) is 2.39. The highest BCUT2D eigenvalue weighted by Crippen LogP contribution is 2.46. The van der Waals surface area contributed by atoms with Crippen LogP contribution >= 0.6 is 0 Å². The third-order valence-electron chi connectivity index (χ3n) is 11.0. The van der Waals surface area contributed by atoms with Crippen molar-refractivity contribution >= 4 is 49.8 Å². The lowest BCUT2D eigenvalue weighted by Crippen LogP contribution is -2.11. The van der Waals surface area contributed by atoms with Crippen LogP contribution in [0.3, 0.4) is 0 Å². The van der Waals surface area contributed by atoms with Crippen LogP contribution in [0.2, 0.25) is 0 Å². The van der Waals surface area contributed by atoms with Crippen LogP contribution in [-0.2, 0) is 0 Å². The van der Waals surface area contributed by atoms with Crippen LogP contribution in [0, 0.1) is 13.8 Å². The Bertz CT molecular complexity index is 2960. The average molecular weight is 718 g/mol. The van der Waals surface area contributed by atoms with Crippen LogP contribution in [-0.4, -0.2) is 0 Å². The minimum absolute atomic E-state index is 0.874. The summed E-state index contributed by atoms with van der Waals surface area (Å²) in [6.45, 7) is 4.30. The molecule has 0 aliphatic heterocycles. The van der Waals surface area contributed by atoms with Gasteiger partial charge in [0.25, 0.3) is 0 Å². The molecule has 0 N–H and O–H groups in total. The maximum atomic E-state index is 6.62. The lowest BCUT2D eigenvalue weighted by molar-refractivity contribution is 0.668. The fourth-order valence-electron chi connectivity index (χ4n) is 8.46. The van der Waals surface area contributed by atoms with Gasteiger partial charge in [0.1, 0.15) is 11.2 Å². The van der Waals surface area contributed by atoms with Gasteiger partial charge in [-0.25, -0.2) is 0 Å². The maximum Gasteiger partial charge on any atom is 0.137 e. The predicted octanol–water partition coefficient (Wildman–Crippen LogP) is 15.5. The smallest absolute Gasteiger partial charge is 0.137 e. The molecular formula is C54H39NO. The van der Waals surface area contributed by atoms with Gasteiger partial charge in [0.15, 0.2) is 0 Å². The zero-order valence-electron chi connectivity index (χ0n) is 31.4. The molecule has 10 rings (SSSR count). The van der Waals surface area contributed by atoms with Crippen LogP contribution in [0.1, 0.15) is 11.1 Å². The lowest BCUT2D eigenvalue weighted by atomic mass is 9.87. The largest absolute Gasteiger partial charge is 0.456 e. The van der Waals surface area contributed by atoms with Gasteiger partial charge in [-0.05, 0) is 117 Å². The summed E-state index contributed by atoms with van der Waals surface area (Å²) in [6, 6.07) is 72.3. The zero-order chi connectivity index (χ0) is 37.6. The normalized spacial score (nSPS) is 11.4. The Morgan fingerprint density at radius 1 is 0.393 bits per heavy atom. The standard InChI is InChI=1S/C54H39NO/c1-36-31-37(2)53-48-30-29-45(35-51(48)56-52(53)32-36)55(50-34-43-22-13-12-21-42(43)33-49(50)40-19-10-5-11-20-40)44-27-25-41(26-28-44)54-46(38-15-6-3-7-16-38)23-14-24-47(54)39-17-8-4-9-18-39/h3-35H,1-2H3. The molecule has 9 aromatic carbocycles. The second-order valence-corrected chi connectivity index (χ2v) is 14.7. The van der Waals surface area contributed by atoms with E-state index >= 15 is 0 Å². The molecular weight excluding hydrogens is 679 g/mol. The second kappa shape index (κ2) is 13.9. The Morgan fingerprint density at radius 3 is 1.57 bits per heavy atom. The van der Waals surface area contributed by atoms with Gasteiger partial charge in [0.2, 0.25) is 0 Å². The molecule has 0 saturated carbocycles. The quantitative estimate of drug-likeness (QED) is 0.163. The van der Waals surface area contributed by atoms with Crippen LogP contribution < -0.4 is 4.90 Å². The number of furan rings is 1. The van der Waals surface area contributed by atoms with Crippen molar-refractivity contribution in [2.75, 3.05) is 4.90 Å². The number of benzene rings is 9. The molecule has 0 aliphatic carbocycles. The number of hydrogen-bond donors (Lipinski definition) is 0. The topological polar surface area (TPSA) is 16.4 Å². The van der Waals surface area contributed by atoms with Crippen molar-refractivity contribution in [3.8, 4) is 44.5 Å². The Labute approximate surface area is 327 Å². The van der Waals surface area contributed by atoms with Gasteiger partial charge in [-0.2, -0.15) is 0 Å². The third-order valence-corrected chi connectivity index (χ3v) is 11.0. The minimum atomic E-state index is 0.874. The molecule has 0 bridgehead atoms. The van der Waals surface area contributed by atoms with Gasteiger partial charge in [0, 0.05) is 33.8 Å². The van der Waals surface area contributed by atoms with E-state index in [1.807, 2.05) is 0 Å². The fourth-order valence-corrected chi connectivity index (χ4v) is 8.46. The van der Waals surface area contributed by atoms with E-state index in [1.54, 1.807) is 0 Å². The van der Waals surface area contributed by atoms with Gasteiger partial charge < -0.3 is 9.32 Å². The van der Waals surface area contributed by atoms with Crippen molar-refractivity contribution in [1.82, 2.24) is 0 Å². The molecule has 10 aromatic rings. The predicted molar refractivity (Wildman–Crippen MR) is 237 cm³/mol. The van der Waals surface area contributed by atoms with E-state index in [4.69, 9.17) is 4.42 Å². The highest BCUT2D eigenvalue weighted by Gasteiger charge is 2.22. The summed E-state index contributed by atoms with van der Waals surface area (Å²) < 4.78 is 6.62. The van der Waals surface area contributed by atoms with Crippen LogP contribution in [0.15, 0.2) is 205 Å². The average Bonchev–Trinajstić information content (AvgIpc) is 3.62. The molecule has 0 atom stereocenters. The summed E-state index contributed by atoms with van der Waals surface area (Å²) in [7, 11) is 0. The molecule has 0 aliphatic rings. The monoisotopic (exact) mass is 717 g/mol. The van der Waals surface area contributed by atoms with Crippen LogP contribution in [0.4, 0.5) is 17.1 Å². The van der Waals surface area contributed by atoms with Gasteiger partial charge in [-0.3, -0.25) is 0 Å². The molecule has 0 fully saturated rings. The number of rotatable bonds is 7. The van der Waals surface area contributed by atoms with Crippen LogP contribution in [0.25, 0.3) is 77.2 Å². The van der Waals surface area contributed by atoms with Gasteiger partial charge >= 0.3 is 0 Å². The number of anilines is 3. The van der Waals surface area contributed by atoms with E-state index in [9.17, 15) is 0 Å². The summed E-state index contributed by atoms with van der Waals surface area (Å²) in [6.07, 6.45) is 0. The van der Waals surface area contributed by atoms with E-state index in [0.29, 0.717) is 0 Å². The summed E-state index contributed by atoms with van der Waals surface area (Å²) in [5.74, 6) is 0. The highest BCUT2D eigenvalue weighted by molar-refractivity contribution is 6.08. The van der Waals surface area contributed by atoms with Crippen molar-refractivity contribution in [3.63, 3.8) is 0 Å². The van der Waals surface area contributed by atoms with Gasteiger partial charge in [0.05, 0.1) is 5.69 Å². The summed E-state index contributed by atoms with van der Waals surface area (Å²) in [5, 5.41) is 4.69. The first-order chi connectivity index (χ1) is 27.6. The van der Waals surface area contributed by atoms with E-state index in [0.717, 1.165) is 50.3 Å². The van der Waals surface area contributed by atoms with Crippen molar-refractivity contribution in [1.29, 1.82) is 0 Å². The molecule has 2 nitrogen and oxygen atoms in total. The Hall–Kier alpha value is -7.16. The van der Waals surface area contributed by atoms with E-state index in [-0.39, 0.29) is 0 Å². The first-order valence-corrected chi connectivity index (χ1v) is 19.3. The number of nitrogens with zero attached hydrogens (tertiary/aromatic N) is 1. The number of aryl methyl sites for hydroxylation is 2. The zero-order valence-corrected chi connectivity index (χ0v) is 31.4. The molecule has 0 spiro atoms. The van der Waals surface area contributed by atoms with E-state index in [2.05, 4.69) is 219 Å². The van der Waals surface area contributed by atoms with Crippen molar-refractivity contribution < 1.29 is 4.42 Å². The molecule has 0 amide bonds. The Balaban J connectivity index is 1.20. The molecule has 56 heavy (non-hydrogen) atoms. The Morgan fingerprint density at radius 2 is 0.946 bits per heavy atom. The lowest BCUT2D eigenvalue weighted by Gasteiger charge is -2.29. The maximum absolute atomic E-state index is 6.62. The van der Waals surface area contributed by atoms with Crippen molar-refractivity contribution in [2.45, 2.75) is 13.8 Å². The summed E-state index contributed by atoms with van der Waals surface area (Å²) >= 11 is 0. The minimum Gasteiger partial charge on any atom is -0.456 e. The molecule has 1 heterocycles.